The highest BCUT2D eigenvalue weighted by atomic mass is 35.5. The summed E-state index contributed by atoms with van der Waals surface area (Å²) in [4.78, 5) is 28.6. The molecular formula is C23H18Cl2N4O2. The zero-order chi connectivity index (χ0) is 22.0. The molecule has 0 saturated heterocycles. The molecule has 1 amide bonds. The largest absolute Gasteiger partial charge is 0.358 e. The van der Waals surface area contributed by atoms with E-state index in [4.69, 9.17) is 23.2 Å². The number of fused-ring (bicyclic) bond motifs is 1. The van der Waals surface area contributed by atoms with Crippen LogP contribution in [0.4, 0.5) is 0 Å². The van der Waals surface area contributed by atoms with Gasteiger partial charge in [0.05, 0.1) is 22.8 Å². The summed E-state index contributed by atoms with van der Waals surface area (Å²) >= 11 is 12.0. The minimum Gasteiger partial charge on any atom is -0.358 e. The topological polar surface area (TPSA) is 79.2 Å². The van der Waals surface area contributed by atoms with Gasteiger partial charge in [-0.1, -0.05) is 47.5 Å². The van der Waals surface area contributed by atoms with Crippen molar-refractivity contribution in [2.75, 3.05) is 0 Å². The number of amides is 1. The Hall–Kier alpha value is -3.35. The van der Waals surface area contributed by atoms with Crippen LogP contribution in [0.25, 0.3) is 10.9 Å². The Morgan fingerprint density at radius 3 is 2.74 bits per heavy atom. The summed E-state index contributed by atoms with van der Waals surface area (Å²) in [7, 11) is 0. The van der Waals surface area contributed by atoms with Gasteiger partial charge in [-0.25, -0.2) is 5.43 Å². The summed E-state index contributed by atoms with van der Waals surface area (Å²) in [5.74, 6) is -0.581. The van der Waals surface area contributed by atoms with Crippen molar-refractivity contribution in [1.82, 2.24) is 15.0 Å². The number of pyridine rings is 1. The van der Waals surface area contributed by atoms with E-state index < -0.39 is 11.5 Å². The number of hydrazone groups is 1. The van der Waals surface area contributed by atoms with Gasteiger partial charge in [0.1, 0.15) is 5.56 Å². The standard InChI is InChI=1S/C23H18Cl2N4O2/c1-14-18(16-5-2-3-7-21(16)27-14)12-26-28-22(30)17-6-4-10-29(23(17)31)13-15-8-9-19(24)20(25)11-15/h2-12,27H,13H2,1H3,(H,28,30)/b26-12-. The van der Waals surface area contributed by atoms with Crippen LogP contribution in [-0.2, 0) is 6.54 Å². The molecule has 2 aromatic carbocycles. The third kappa shape index (κ3) is 4.40. The Morgan fingerprint density at radius 2 is 1.94 bits per heavy atom. The highest BCUT2D eigenvalue weighted by Gasteiger charge is 2.12. The number of aromatic nitrogens is 2. The van der Waals surface area contributed by atoms with Crippen molar-refractivity contribution in [3.05, 3.63) is 104 Å². The molecule has 0 aliphatic heterocycles. The van der Waals surface area contributed by atoms with Crippen LogP contribution in [0.3, 0.4) is 0 Å². The number of H-pyrrole nitrogens is 1. The van der Waals surface area contributed by atoms with E-state index in [1.807, 2.05) is 31.2 Å². The predicted octanol–water partition coefficient (Wildman–Crippen LogP) is 4.76. The second kappa shape index (κ2) is 8.79. The van der Waals surface area contributed by atoms with E-state index in [-0.39, 0.29) is 12.1 Å². The summed E-state index contributed by atoms with van der Waals surface area (Å²) in [6, 6.07) is 16.1. The summed E-state index contributed by atoms with van der Waals surface area (Å²) < 4.78 is 1.43. The van der Waals surface area contributed by atoms with Crippen LogP contribution in [0.15, 0.2) is 70.7 Å². The van der Waals surface area contributed by atoms with Crippen LogP contribution >= 0.6 is 23.2 Å². The first-order valence-electron chi connectivity index (χ1n) is 9.48. The van der Waals surface area contributed by atoms with Crippen LogP contribution < -0.4 is 11.0 Å². The molecule has 0 radical (unpaired) electrons. The number of nitrogens with zero attached hydrogens (tertiary/aromatic N) is 2. The molecule has 2 aromatic heterocycles. The summed E-state index contributed by atoms with van der Waals surface area (Å²) in [5.41, 5.74) is 5.60. The Balaban J connectivity index is 1.53. The van der Waals surface area contributed by atoms with Gasteiger partial charge in [-0.15, -0.1) is 0 Å². The van der Waals surface area contributed by atoms with Crippen molar-refractivity contribution in [3.63, 3.8) is 0 Å². The SMILES string of the molecule is Cc1[nH]c2ccccc2c1/C=N\NC(=O)c1cccn(Cc2ccc(Cl)c(Cl)c2)c1=O. The lowest BCUT2D eigenvalue weighted by Crippen LogP contribution is -2.30. The van der Waals surface area contributed by atoms with Gasteiger partial charge in [0.15, 0.2) is 0 Å². The number of carbonyl (C=O) groups excluding carboxylic acids is 1. The number of nitrogens with one attached hydrogen (secondary N) is 2. The molecule has 4 rings (SSSR count). The molecule has 4 aromatic rings. The summed E-state index contributed by atoms with van der Waals surface area (Å²) in [6.07, 6.45) is 3.18. The first kappa shape index (κ1) is 20.9. The van der Waals surface area contributed by atoms with Gasteiger partial charge in [0.2, 0.25) is 0 Å². The van der Waals surface area contributed by atoms with E-state index in [2.05, 4.69) is 15.5 Å². The van der Waals surface area contributed by atoms with Crippen molar-refractivity contribution < 1.29 is 4.79 Å². The number of para-hydroxylation sites is 1. The molecule has 6 nitrogen and oxygen atoms in total. The minimum absolute atomic E-state index is 0.00430. The molecule has 0 atom stereocenters. The van der Waals surface area contributed by atoms with Crippen molar-refractivity contribution in [2.24, 2.45) is 5.10 Å². The third-order valence-corrected chi connectivity index (χ3v) is 5.64. The lowest BCUT2D eigenvalue weighted by atomic mass is 10.1. The predicted molar refractivity (Wildman–Crippen MR) is 124 cm³/mol. The number of aromatic amines is 1. The Kier molecular flexibility index (Phi) is 5.93. The normalized spacial score (nSPS) is 11.3. The van der Waals surface area contributed by atoms with Crippen LogP contribution in [0.5, 0.6) is 0 Å². The zero-order valence-corrected chi connectivity index (χ0v) is 18.0. The number of carbonyl (C=O) groups is 1. The zero-order valence-electron chi connectivity index (χ0n) is 16.5. The molecule has 156 valence electrons. The third-order valence-electron chi connectivity index (χ3n) is 4.90. The molecule has 8 heteroatoms. The molecule has 2 N–H and O–H groups in total. The smallest absolute Gasteiger partial charge is 0.276 e. The summed E-state index contributed by atoms with van der Waals surface area (Å²) in [6.45, 7) is 2.19. The second-order valence-corrected chi connectivity index (χ2v) is 7.83. The fraction of sp³-hybridized carbons (Fsp3) is 0.0870. The van der Waals surface area contributed by atoms with E-state index in [1.165, 1.54) is 10.6 Å². The molecule has 2 heterocycles. The van der Waals surface area contributed by atoms with E-state index >= 15 is 0 Å². The number of benzene rings is 2. The number of hydrogen-bond acceptors (Lipinski definition) is 3. The maximum Gasteiger partial charge on any atom is 0.276 e. The molecule has 0 fully saturated rings. The van der Waals surface area contributed by atoms with Crippen molar-refractivity contribution in [2.45, 2.75) is 13.5 Å². The number of aryl methyl sites for hydroxylation is 1. The maximum absolute atomic E-state index is 12.8. The Bertz CT molecular complexity index is 1370. The van der Waals surface area contributed by atoms with Gasteiger partial charge in [0.25, 0.3) is 11.5 Å². The van der Waals surface area contributed by atoms with Crippen molar-refractivity contribution >= 4 is 46.2 Å². The number of rotatable bonds is 5. The molecule has 0 unspecified atom stereocenters. The minimum atomic E-state index is -0.581. The quantitative estimate of drug-likeness (QED) is 0.338. The fourth-order valence-corrected chi connectivity index (χ4v) is 3.67. The van der Waals surface area contributed by atoms with Gasteiger partial charge in [-0.3, -0.25) is 9.59 Å². The van der Waals surface area contributed by atoms with Crippen LogP contribution in [0.2, 0.25) is 10.0 Å². The van der Waals surface area contributed by atoms with Crippen molar-refractivity contribution in [1.29, 1.82) is 0 Å². The van der Waals surface area contributed by atoms with Gasteiger partial charge in [-0.2, -0.15) is 5.10 Å². The lowest BCUT2D eigenvalue weighted by Gasteiger charge is -2.08. The molecule has 0 bridgehead atoms. The number of halogens is 2. The van der Waals surface area contributed by atoms with Crippen LogP contribution in [0, 0.1) is 6.92 Å². The van der Waals surface area contributed by atoms with E-state index in [0.29, 0.717) is 10.0 Å². The molecule has 0 saturated carbocycles. The molecule has 0 aliphatic rings. The first-order valence-corrected chi connectivity index (χ1v) is 10.2. The van der Waals surface area contributed by atoms with Gasteiger partial charge in [-0.05, 0) is 42.8 Å². The molecule has 0 spiro atoms. The van der Waals surface area contributed by atoms with Crippen LogP contribution in [0.1, 0.15) is 27.2 Å². The van der Waals surface area contributed by atoms with E-state index in [9.17, 15) is 9.59 Å². The van der Waals surface area contributed by atoms with E-state index in [0.717, 1.165) is 27.7 Å². The van der Waals surface area contributed by atoms with Gasteiger partial charge < -0.3 is 9.55 Å². The average Bonchev–Trinajstić information content (AvgIpc) is 3.07. The fourth-order valence-electron chi connectivity index (χ4n) is 3.35. The van der Waals surface area contributed by atoms with Crippen LogP contribution in [-0.4, -0.2) is 21.7 Å². The highest BCUT2D eigenvalue weighted by Crippen LogP contribution is 2.23. The van der Waals surface area contributed by atoms with Gasteiger partial charge in [0, 0.05) is 28.4 Å². The lowest BCUT2D eigenvalue weighted by molar-refractivity contribution is 0.0953. The van der Waals surface area contributed by atoms with E-state index in [1.54, 1.807) is 36.7 Å². The van der Waals surface area contributed by atoms with Gasteiger partial charge >= 0.3 is 0 Å². The van der Waals surface area contributed by atoms with Crippen molar-refractivity contribution in [3.8, 4) is 0 Å². The Labute approximate surface area is 188 Å². The summed E-state index contributed by atoms with van der Waals surface area (Å²) in [5, 5.41) is 5.90. The molecular weight excluding hydrogens is 435 g/mol. The first-order chi connectivity index (χ1) is 14.9. The second-order valence-electron chi connectivity index (χ2n) is 7.01. The number of hydrogen-bond donors (Lipinski definition) is 2. The maximum atomic E-state index is 12.8. The monoisotopic (exact) mass is 452 g/mol. The highest BCUT2D eigenvalue weighted by molar-refractivity contribution is 6.42. The molecule has 31 heavy (non-hydrogen) atoms. The molecule has 0 aliphatic carbocycles. The Morgan fingerprint density at radius 1 is 1.13 bits per heavy atom. The average molecular weight is 453 g/mol.